The SMILES string of the molecule is C=CCNCCOC(=O)c1ccccc1.Cc1ccc(S(=O)(=O)O)cc1. The van der Waals surface area contributed by atoms with Crippen molar-refractivity contribution in [2.75, 3.05) is 19.7 Å². The summed E-state index contributed by atoms with van der Waals surface area (Å²) in [6, 6.07) is 14.9. The van der Waals surface area contributed by atoms with Crippen molar-refractivity contribution >= 4 is 16.1 Å². The van der Waals surface area contributed by atoms with Crippen LogP contribution in [0.4, 0.5) is 0 Å². The fourth-order valence-electron chi connectivity index (χ4n) is 1.79. The molecule has 0 fully saturated rings. The molecule has 0 aliphatic heterocycles. The first-order chi connectivity index (χ1) is 12.3. The lowest BCUT2D eigenvalue weighted by atomic mass is 10.2. The van der Waals surface area contributed by atoms with Gasteiger partial charge in [-0.05, 0) is 31.2 Å². The van der Waals surface area contributed by atoms with Gasteiger partial charge in [-0.1, -0.05) is 42.0 Å². The number of rotatable bonds is 7. The smallest absolute Gasteiger partial charge is 0.338 e. The van der Waals surface area contributed by atoms with Crippen LogP contribution >= 0.6 is 0 Å². The molecule has 0 radical (unpaired) electrons. The number of aryl methyl sites for hydroxylation is 1. The predicted molar refractivity (Wildman–Crippen MR) is 101 cm³/mol. The average Bonchev–Trinajstić information content (AvgIpc) is 2.62. The zero-order chi connectivity index (χ0) is 19.4. The molecule has 0 amide bonds. The van der Waals surface area contributed by atoms with Crippen molar-refractivity contribution in [1.29, 1.82) is 0 Å². The number of hydrogen-bond acceptors (Lipinski definition) is 5. The Bertz CT molecular complexity index is 786. The summed E-state index contributed by atoms with van der Waals surface area (Å²) < 4.78 is 34.6. The van der Waals surface area contributed by atoms with E-state index in [1.807, 2.05) is 25.1 Å². The van der Waals surface area contributed by atoms with Crippen molar-refractivity contribution in [2.45, 2.75) is 11.8 Å². The highest BCUT2D eigenvalue weighted by Gasteiger charge is 2.07. The zero-order valence-electron chi connectivity index (χ0n) is 14.6. The summed E-state index contributed by atoms with van der Waals surface area (Å²) >= 11 is 0. The van der Waals surface area contributed by atoms with Gasteiger partial charge in [0, 0.05) is 13.1 Å². The van der Waals surface area contributed by atoms with Crippen molar-refractivity contribution in [3.8, 4) is 0 Å². The van der Waals surface area contributed by atoms with E-state index in [0.29, 0.717) is 18.7 Å². The highest BCUT2D eigenvalue weighted by Crippen LogP contribution is 2.08. The third kappa shape index (κ3) is 8.57. The summed E-state index contributed by atoms with van der Waals surface area (Å²) in [5.41, 5.74) is 1.54. The summed E-state index contributed by atoms with van der Waals surface area (Å²) in [7, 11) is -4.02. The van der Waals surface area contributed by atoms with Gasteiger partial charge < -0.3 is 10.1 Å². The predicted octanol–water partition coefficient (Wildman–Crippen LogP) is 2.86. The minimum Gasteiger partial charge on any atom is -0.461 e. The fraction of sp³-hybridized carbons (Fsp3) is 0.211. The number of nitrogens with one attached hydrogen (secondary N) is 1. The standard InChI is InChI=1S/C12H15NO2.C7H8O3S/c1-2-8-13-9-10-15-12(14)11-6-4-3-5-7-11;1-6-2-4-7(5-3-6)11(8,9)10/h2-7,13H,1,8-10H2;2-5H,1H3,(H,8,9,10). The van der Waals surface area contributed by atoms with Crippen LogP contribution in [-0.2, 0) is 14.9 Å². The minimum atomic E-state index is -4.02. The highest BCUT2D eigenvalue weighted by molar-refractivity contribution is 7.85. The molecule has 2 N–H and O–H groups in total. The summed E-state index contributed by atoms with van der Waals surface area (Å²) in [6.07, 6.45) is 1.76. The van der Waals surface area contributed by atoms with E-state index in [1.54, 1.807) is 30.3 Å². The van der Waals surface area contributed by atoms with Gasteiger partial charge >= 0.3 is 5.97 Å². The summed E-state index contributed by atoms with van der Waals surface area (Å²) in [5, 5.41) is 3.05. The Balaban J connectivity index is 0.000000273. The summed E-state index contributed by atoms with van der Waals surface area (Å²) in [4.78, 5) is 11.3. The molecule has 0 unspecified atom stereocenters. The van der Waals surface area contributed by atoms with Crippen LogP contribution in [0.1, 0.15) is 15.9 Å². The first-order valence-corrected chi connectivity index (χ1v) is 9.36. The number of hydrogen-bond donors (Lipinski definition) is 2. The molecule has 0 spiro atoms. The molecule has 0 heterocycles. The molecular weight excluding hydrogens is 354 g/mol. The Morgan fingerprint density at radius 1 is 1.15 bits per heavy atom. The van der Waals surface area contributed by atoms with Crippen LogP contribution in [0, 0.1) is 6.92 Å². The van der Waals surface area contributed by atoms with Crippen molar-refractivity contribution in [3.63, 3.8) is 0 Å². The van der Waals surface area contributed by atoms with E-state index in [9.17, 15) is 13.2 Å². The first-order valence-electron chi connectivity index (χ1n) is 7.92. The molecule has 0 bridgehead atoms. The van der Waals surface area contributed by atoms with Crippen LogP contribution in [0.25, 0.3) is 0 Å². The van der Waals surface area contributed by atoms with Gasteiger partial charge in [-0.2, -0.15) is 8.42 Å². The lowest BCUT2D eigenvalue weighted by molar-refractivity contribution is 0.0509. The maximum Gasteiger partial charge on any atom is 0.338 e. The maximum absolute atomic E-state index is 11.4. The van der Waals surface area contributed by atoms with Gasteiger partial charge in [0.15, 0.2) is 0 Å². The molecule has 2 rings (SSSR count). The van der Waals surface area contributed by atoms with E-state index in [2.05, 4.69) is 11.9 Å². The molecule has 0 aromatic heterocycles. The van der Waals surface area contributed by atoms with Gasteiger partial charge in [-0.15, -0.1) is 6.58 Å². The van der Waals surface area contributed by atoms with Crippen LogP contribution in [0.2, 0.25) is 0 Å². The van der Waals surface area contributed by atoms with E-state index < -0.39 is 10.1 Å². The molecule has 0 saturated carbocycles. The number of esters is 1. The number of ether oxygens (including phenoxy) is 1. The Labute approximate surface area is 154 Å². The van der Waals surface area contributed by atoms with E-state index in [1.165, 1.54) is 12.1 Å². The van der Waals surface area contributed by atoms with Crippen LogP contribution in [0.3, 0.4) is 0 Å². The molecule has 6 nitrogen and oxygen atoms in total. The second kappa shape index (κ2) is 11.2. The van der Waals surface area contributed by atoms with Gasteiger partial charge in [-0.25, -0.2) is 4.79 Å². The number of carbonyl (C=O) groups excluding carboxylic acids is 1. The van der Waals surface area contributed by atoms with Gasteiger partial charge in [0.05, 0.1) is 10.5 Å². The maximum atomic E-state index is 11.4. The van der Waals surface area contributed by atoms with Crippen molar-refractivity contribution in [1.82, 2.24) is 5.32 Å². The fourth-order valence-corrected chi connectivity index (χ4v) is 2.27. The molecule has 0 saturated heterocycles. The highest BCUT2D eigenvalue weighted by atomic mass is 32.2. The van der Waals surface area contributed by atoms with Gasteiger partial charge in [0.2, 0.25) is 0 Å². The van der Waals surface area contributed by atoms with E-state index in [4.69, 9.17) is 9.29 Å². The van der Waals surface area contributed by atoms with Crippen LogP contribution in [0.5, 0.6) is 0 Å². The monoisotopic (exact) mass is 377 g/mol. The zero-order valence-corrected chi connectivity index (χ0v) is 15.4. The first kappa shape index (κ1) is 21.6. The van der Waals surface area contributed by atoms with Gasteiger partial charge in [-0.3, -0.25) is 4.55 Å². The molecule has 0 aliphatic carbocycles. The molecule has 0 aliphatic rings. The van der Waals surface area contributed by atoms with Crippen molar-refractivity contribution in [2.24, 2.45) is 0 Å². The van der Waals surface area contributed by atoms with Crippen molar-refractivity contribution in [3.05, 3.63) is 78.4 Å². The largest absolute Gasteiger partial charge is 0.461 e. The van der Waals surface area contributed by atoms with Crippen LogP contribution in [0.15, 0.2) is 72.1 Å². The number of benzene rings is 2. The second-order valence-electron chi connectivity index (χ2n) is 5.28. The molecule has 2 aromatic rings. The normalized spacial score (nSPS) is 10.4. The minimum absolute atomic E-state index is 0.0666. The second-order valence-corrected chi connectivity index (χ2v) is 6.70. The van der Waals surface area contributed by atoms with E-state index in [-0.39, 0.29) is 10.9 Å². The molecule has 7 heteroatoms. The van der Waals surface area contributed by atoms with Crippen LogP contribution < -0.4 is 5.32 Å². The van der Waals surface area contributed by atoms with E-state index >= 15 is 0 Å². The van der Waals surface area contributed by atoms with E-state index in [0.717, 1.165) is 12.1 Å². The van der Waals surface area contributed by atoms with Gasteiger partial charge in [0.1, 0.15) is 6.61 Å². The molecule has 26 heavy (non-hydrogen) atoms. The van der Waals surface area contributed by atoms with Gasteiger partial charge in [0.25, 0.3) is 10.1 Å². The Morgan fingerprint density at radius 2 is 1.77 bits per heavy atom. The lowest BCUT2D eigenvalue weighted by Crippen LogP contribution is -2.21. The summed E-state index contributed by atoms with van der Waals surface area (Å²) in [6.45, 7) is 7.16. The van der Waals surface area contributed by atoms with Crippen molar-refractivity contribution < 1.29 is 22.5 Å². The lowest BCUT2D eigenvalue weighted by Gasteiger charge is -2.04. The summed E-state index contributed by atoms with van der Waals surface area (Å²) in [5.74, 6) is -0.281. The quantitative estimate of drug-likeness (QED) is 0.334. The number of carbonyl (C=O) groups is 1. The third-order valence-corrected chi connectivity index (χ3v) is 4.00. The third-order valence-electron chi connectivity index (χ3n) is 3.13. The molecule has 2 aromatic carbocycles. The Morgan fingerprint density at radius 3 is 2.31 bits per heavy atom. The Kier molecular flexibility index (Phi) is 9.29. The molecule has 0 atom stereocenters. The average molecular weight is 377 g/mol. The molecular formula is C19H23NO5S. The van der Waals surface area contributed by atoms with Crippen LogP contribution in [-0.4, -0.2) is 38.6 Å². The molecule has 140 valence electrons. The topological polar surface area (TPSA) is 92.7 Å². The Hall–Kier alpha value is -2.48.